The third-order valence-corrected chi connectivity index (χ3v) is 6.37. The Kier molecular flexibility index (Phi) is 7.22. The summed E-state index contributed by atoms with van der Waals surface area (Å²) in [6.07, 6.45) is 0. The average Bonchev–Trinajstić information content (AvgIpc) is 3.17. The maximum absolute atomic E-state index is 13.4. The van der Waals surface area contributed by atoms with Crippen LogP contribution in [0.1, 0.15) is 33.1 Å². The fourth-order valence-electron chi connectivity index (χ4n) is 4.33. The number of nitrogens with zero attached hydrogens (tertiary/aromatic N) is 1. The predicted molar refractivity (Wildman–Crippen MR) is 138 cm³/mol. The fourth-order valence-corrected chi connectivity index (χ4v) is 4.68. The summed E-state index contributed by atoms with van der Waals surface area (Å²) in [6.45, 7) is 1.78. The number of amides is 1. The molecule has 9 heteroatoms. The molecule has 1 N–H and O–H groups in total. The molecule has 0 aromatic heterocycles. The van der Waals surface area contributed by atoms with E-state index in [4.69, 9.17) is 25.8 Å². The lowest BCUT2D eigenvalue weighted by atomic mass is 9.94. The van der Waals surface area contributed by atoms with E-state index in [0.717, 1.165) is 5.56 Å². The smallest absolute Gasteiger partial charge is 0.337 e. The first-order valence-electron chi connectivity index (χ1n) is 11.2. The van der Waals surface area contributed by atoms with E-state index >= 15 is 0 Å². The second-order valence-corrected chi connectivity index (χ2v) is 8.72. The van der Waals surface area contributed by atoms with Crippen LogP contribution in [0, 0.1) is 6.92 Å². The molecule has 0 radical (unpaired) electrons. The molecule has 4 rings (SSSR count). The number of carbonyl (C=O) groups excluding carboxylic acids is 3. The molecule has 1 aliphatic heterocycles. The van der Waals surface area contributed by atoms with Crippen LogP contribution in [0.15, 0.2) is 66.2 Å². The second kappa shape index (κ2) is 10.4. The minimum absolute atomic E-state index is 0.132. The van der Waals surface area contributed by atoms with Crippen molar-refractivity contribution in [3.8, 4) is 11.5 Å². The van der Waals surface area contributed by atoms with Gasteiger partial charge in [0.05, 0.1) is 49.1 Å². The maximum Gasteiger partial charge on any atom is 0.337 e. The summed E-state index contributed by atoms with van der Waals surface area (Å²) < 4.78 is 15.4. The number of carbonyl (C=O) groups is 3. The maximum atomic E-state index is 13.4. The van der Waals surface area contributed by atoms with Crippen molar-refractivity contribution in [2.75, 3.05) is 26.2 Å². The molecule has 1 heterocycles. The van der Waals surface area contributed by atoms with Gasteiger partial charge in [0.15, 0.2) is 0 Å². The summed E-state index contributed by atoms with van der Waals surface area (Å²) in [4.78, 5) is 40.0. The number of halogens is 1. The zero-order valence-electron chi connectivity index (χ0n) is 20.6. The normalized spacial score (nSPS) is 16.6. The van der Waals surface area contributed by atoms with Gasteiger partial charge in [-0.1, -0.05) is 23.7 Å². The molecule has 0 bridgehead atoms. The molecule has 1 unspecified atom stereocenters. The minimum atomic E-state index is -0.987. The first-order chi connectivity index (χ1) is 17.7. The lowest BCUT2D eigenvalue weighted by Crippen LogP contribution is -2.29. The first-order valence-corrected chi connectivity index (χ1v) is 11.6. The molecule has 1 aliphatic rings. The van der Waals surface area contributed by atoms with Gasteiger partial charge in [-0.05, 0) is 66.6 Å². The van der Waals surface area contributed by atoms with Gasteiger partial charge in [0.25, 0.3) is 11.7 Å². The SMILES string of the molecule is COC(=O)c1ccc(N2C(=O)C(=O)/C(=C(/O)c3cc(C)cc(Cl)c3OC)C2c2ccc(OC)cc2)cc1. The van der Waals surface area contributed by atoms with Crippen molar-refractivity contribution < 1.29 is 33.7 Å². The number of anilines is 1. The van der Waals surface area contributed by atoms with Crippen molar-refractivity contribution in [2.24, 2.45) is 0 Å². The topological polar surface area (TPSA) is 102 Å². The van der Waals surface area contributed by atoms with Crippen molar-refractivity contribution in [3.05, 3.63) is 93.5 Å². The Labute approximate surface area is 218 Å². The van der Waals surface area contributed by atoms with E-state index in [1.54, 1.807) is 43.3 Å². The molecule has 1 saturated heterocycles. The third-order valence-electron chi connectivity index (χ3n) is 6.09. The second-order valence-electron chi connectivity index (χ2n) is 8.31. The first kappa shape index (κ1) is 25.8. The summed E-state index contributed by atoms with van der Waals surface area (Å²) >= 11 is 6.34. The summed E-state index contributed by atoms with van der Waals surface area (Å²) in [5.74, 6) is -1.93. The minimum Gasteiger partial charge on any atom is -0.507 e. The number of hydrogen-bond donors (Lipinski definition) is 1. The standard InChI is InChI=1S/C28H24ClNO7/c1-15-13-20(26(36-3)21(29)14-15)24(31)22-23(16-7-11-19(35-2)12-8-16)30(27(33)25(22)32)18-9-5-17(6-10-18)28(34)37-4/h5-14,23,31H,1-4H3/b24-22+. The van der Waals surface area contributed by atoms with Crippen molar-refractivity contribution in [1.29, 1.82) is 0 Å². The number of methoxy groups -OCH3 is 3. The number of aliphatic hydroxyl groups is 1. The van der Waals surface area contributed by atoms with Crippen LogP contribution in [0.5, 0.6) is 11.5 Å². The Hall–Kier alpha value is -4.30. The van der Waals surface area contributed by atoms with Gasteiger partial charge < -0.3 is 19.3 Å². The Bertz CT molecular complexity index is 1410. The van der Waals surface area contributed by atoms with Gasteiger partial charge >= 0.3 is 5.97 Å². The number of ketones is 1. The molecule has 0 spiro atoms. The Morgan fingerprint density at radius 1 is 0.946 bits per heavy atom. The highest BCUT2D eigenvalue weighted by atomic mass is 35.5. The highest BCUT2D eigenvalue weighted by Gasteiger charge is 2.47. The van der Waals surface area contributed by atoms with E-state index in [2.05, 4.69) is 0 Å². The Morgan fingerprint density at radius 2 is 1.59 bits per heavy atom. The molecular formula is C28H24ClNO7. The monoisotopic (exact) mass is 521 g/mol. The Balaban J connectivity index is 1.95. The van der Waals surface area contributed by atoms with E-state index in [1.165, 1.54) is 50.5 Å². The number of Topliss-reactive ketones (excluding diaryl/α,β-unsaturated/α-hetero) is 1. The molecule has 8 nitrogen and oxygen atoms in total. The number of hydrogen-bond acceptors (Lipinski definition) is 7. The summed E-state index contributed by atoms with van der Waals surface area (Å²) in [5.41, 5.74) is 1.96. The highest BCUT2D eigenvalue weighted by molar-refractivity contribution is 6.51. The molecule has 0 aliphatic carbocycles. The third kappa shape index (κ3) is 4.63. The fraction of sp³-hybridized carbons (Fsp3) is 0.179. The number of ether oxygens (including phenoxy) is 3. The molecule has 190 valence electrons. The van der Waals surface area contributed by atoms with Gasteiger partial charge in [-0.2, -0.15) is 0 Å². The Morgan fingerprint density at radius 3 is 2.16 bits per heavy atom. The average molecular weight is 522 g/mol. The van der Waals surface area contributed by atoms with Crippen molar-refractivity contribution in [3.63, 3.8) is 0 Å². The molecule has 3 aromatic carbocycles. The lowest BCUT2D eigenvalue weighted by molar-refractivity contribution is -0.132. The van der Waals surface area contributed by atoms with Gasteiger partial charge in [-0.25, -0.2) is 4.79 Å². The van der Waals surface area contributed by atoms with Crippen LogP contribution >= 0.6 is 11.6 Å². The summed E-state index contributed by atoms with van der Waals surface area (Å²) in [7, 11) is 4.19. The van der Waals surface area contributed by atoms with Crippen molar-refractivity contribution in [2.45, 2.75) is 13.0 Å². The summed E-state index contributed by atoms with van der Waals surface area (Å²) in [5, 5.41) is 11.7. The van der Waals surface area contributed by atoms with Crippen LogP contribution in [-0.4, -0.2) is 44.1 Å². The molecular weight excluding hydrogens is 498 g/mol. The van der Waals surface area contributed by atoms with Gasteiger partial charge in [0.1, 0.15) is 17.3 Å². The summed E-state index contributed by atoms with van der Waals surface area (Å²) in [6, 6.07) is 15.2. The van der Waals surface area contributed by atoms with E-state index in [1.807, 2.05) is 0 Å². The zero-order chi connectivity index (χ0) is 26.9. The molecule has 1 fully saturated rings. The van der Waals surface area contributed by atoms with E-state index < -0.39 is 29.5 Å². The highest BCUT2D eigenvalue weighted by Crippen LogP contribution is 2.44. The number of benzene rings is 3. The van der Waals surface area contributed by atoms with Gasteiger partial charge in [0.2, 0.25) is 0 Å². The van der Waals surface area contributed by atoms with E-state index in [9.17, 15) is 19.5 Å². The molecule has 37 heavy (non-hydrogen) atoms. The molecule has 0 saturated carbocycles. The zero-order valence-corrected chi connectivity index (χ0v) is 21.3. The number of aryl methyl sites for hydroxylation is 1. The largest absolute Gasteiger partial charge is 0.507 e. The number of aliphatic hydroxyl groups excluding tert-OH is 1. The quantitative estimate of drug-likeness (QED) is 0.209. The van der Waals surface area contributed by atoms with Crippen LogP contribution < -0.4 is 14.4 Å². The van der Waals surface area contributed by atoms with Crippen molar-refractivity contribution >= 4 is 40.7 Å². The van der Waals surface area contributed by atoms with E-state index in [0.29, 0.717) is 17.0 Å². The van der Waals surface area contributed by atoms with Gasteiger partial charge in [-0.15, -0.1) is 0 Å². The van der Waals surface area contributed by atoms with Gasteiger partial charge in [-0.3, -0.25) is 14.5 Å². The van der Waals surface area contributed by atoms with Crippen molar-refractivity contribution in [1.82, 2.24) is 0 Å². The van der Waals surface area contributed by atoms with Crippen LogP contribution in [0.3, 0.4) is 0 Å². The predicted octanol–water partition coefficient (Wildman–Crippen LogP) is 5.08. The van der Waals surface area contributed by atoms with Crippen LogP contribution in [0.2, 0.25) is 5.02 Å². The van der Waals surface area contributed by atoms with Gasteiger partial charge in [0, 0.05) is 5.69 Å². The number of rotatable bonds is 6. The van der Waals surface area contributed by atoms with Crippen LogP contribution in [0.25, 0.3) is 5.76 Å². The lowest BCUT2D eigenvalue weighted by Gasteiger charge is -2.26. The van der Waals surface area contributed by atoms with Crippen LogP contribution in [0.4, 0.5) is 5.69 Å². The molecule has 1 atom stereocenters. The molecule has 3 aromatic rings. The molecule has 1 amide bonds. The van der Waals surface area contributed by atoms with E-state index in [-0.39, 0.29) is 27.5 Å². The number of esters is 1. The van der Waals surface area contributed by atoms with Crippen LogP contribution in [-0.2, 0) is 14.3 Å².